The first-order chi connectivity index (χ1) is 7.16. The van der Waals surface area contributed by atoms with E-state index in [1.807, 2.05) is 24.6 Å². The fourth-order valence-corrected chi connectivity index (χ4v) is 2.10. The lowest BCUT2D eigenvalue weighted by Gasteiger charge is -2.08. The van der Waals surface area contributed by atoms with Gasteiger partial charge in [0.1, 0.15) is 0 Å². The fourth-order valence-electron chi connectivity index (χ4n) is 1.50. The number of thiazole rings is 1. The fraction of sp³-hybridized carbons (Fsp3) is 0.400. The lowest BCUT2D eigenvalue weighted by molar-refractivity contribution is 0.667. The maximum atomic E-state index is 5.84. The highest BCUT2D eigenvalue weighted by molar-refractivity contribution is 7.09. The summed E-state index contributed by atoms with van der Waals surface area (Å²) < 4.78 is 2.04. The third-order valence-corrected chi connectivity index (χ3v) is 3.03. The number of imidazole rings is 1. The molecule has 0 saturated carbocycles. The number of nitrogens with zero attached hydrogens (tertiary/aromatic N) is 3. The van der Waals surface area contributed by atoms with Crippen molar-refractivity contribution >= 4 is 11.3 Å². The Kier molecular flexibility index (Phi) is 2.83. The summed E-state index contributed by atoms with van der Waals surface area (Å²) in [5, 5.41) is 3.16. The lowest BCUT2D eigenvalue weighted by Crippen LogP contribution is -2.12. The molecule has 0 bridgehead atoms. The molecular weight excluding hydrogens is 208 g/mol. The molecule has 2 rings (SSSR count). The summed E-state index contributed by atoms with van der Waals surface area (Å²) in [6.45, 7) is 4.72. The van der Waals surface area contributed by atoms with Gasteiger partial charge in [-0.25, -0.2) is 9.97 Å². The average Bonchev–Trinajstić information content (AvgIpc) is 2.75. The molecule has 2 N–H and O–H groups in total. The predicted octanol–water partition coefficient (Wildman–Crippen LogP) is 1.72. The van der Waals surface area contributed by atoms with Crippen molar-refractivity contribution in [2.24, 2.45) is 5.73 Å². The molecule has 2 aromatic heterocycles. The molecule has 0 aliphatic carbocycles. The number of aromatic nitrogens is 3. The minimum Gasteiger partial charge on any atom is -0.327 e. The van der Waals surface area contributed by atoms with E-state index in [-0.39, 0.29) is 6.04 Å². The SMILES string of the molecule is Cc1nc(Cn2cncc2[C@@H](C)N)cs1. The van der Waals surface area contributed by atoms with Gasteiger partial charge in [-0.15, -0.1) is 11.3 Å². The maximum Gasteiger partial charge on any atom is 0.0952 e. The number of aryl methyl sites for hydroxylation is 1. The van der Waals surface area contributed by atoms with Crippen LogP contribution in [0.15, 0.2) is 17.9 Å². The summed E-state index contributed by atoms with van der Waals surface area (Å²) in [7, 11) is 0. The molecular formula is C10H14N4S. The third-order valence-electron chi connectivity index (χ3n) is 2.21. The summed E-state index contributed by atoms with van der Waals surface area (Å²) in [5.74, 6) is 0. The highest BCUT2D eigenvalue weighted by atomic mass is 32.1. The summed E-state index contributed by atoms with van der Waals surface area (Å²) in [4.78, 5) is 8.52. The van der Waals surface area contributed by atoms with Crippen LogP contribution in [0.2, 0.25) is 0 Å². The molecule has 80 valence electrons. The van der Waals surface area contributed by atoms with Crippen molar-refractivity contribution in [1.29, 1.82) is 0 Å². The Hall–Kier alpha value is -1.20. The van der Waals surface area contributed by atoms with Crippen molar-refractivity contribution in [3.63, 3.8) is 0 Å². The van der Waals surface area contributed by atoms with E-state index in [0.29, 0.717) is 0 Å². The van der Waals surface area contributed by atoms with E-state index in [9.17, 15) is 0 Å². The van der Waals surface area contributed by atoms with Crippen LogP contribution in [0, 0.1) is 6.92 Å². The van der Waals surface area contributed by atoms with Crippen LogP contribution in [-0.2, 0) is 6.54 Å². The van der Waals surface area contributed by atoms with Gasteiger partial charge in [0.05, 0.1) is 29.3 Å². The van der Waals surface area contributed by atoms with E-state index in [2.05, 4.69) is 15.3 Å². The topological polar surface area (TPSA) is 56.7 Å². The van der Waals surface area contributed by atoms with E-state index in [0.717, 1.165) is 22.9 Å². The van der Waals surface area contributed by atoms with E-state index < -0.39 is 0 Å². The molecule has 2 aromatic rings. The van der Waals surface area contributed by atoms with E-state index in [4.69, 9.17) is 5.73 Å². The largest absolute Gasteiger partial charge is 0.327 e. The van der Waals surface area contributed by atoms with Crippen LogP contribution in [-0.4, -0.2) is 14.5 Å². The number of hydrogen-bond donors (Lipinski definition) is 1. The van der Waals surface area contributed by atoms with Crippen LogP contribution in [0.3, 0.4) is 0 Å². The Balaban J connectivity index is 2.20. The standard InChI is InChI=1S/C10H14N4S/c1-7(11)10-3-12-6-14(10)4-9-5-15-8(2)13-9/h3,5-7H,4,11H2,1-2H3/t7-/m1/s1. The molecule has 0 amide bonds. The summed E-state index contributed by atoms with van der Waals surface area (Å²) in [6.07, 6.45) is 3.61. The smallest absolute Gasteiger partial charge is 0.0952 e. The van der Waals surface area contributed by atoms with Gasteiger partial charge in [0, 0.05) is 17.6 Å². The van der Waals surface area contributed by atoms with Gasteiger partial charge in [-0.1, -0.05) is 0 Å². The zero-order chi connectivity index (χ0) is 10.8. The van der Waals surface area contributed by atoms with Crippen LogP contribution < -0.4 is 5.73 Å². The van der Waals surface area contributed by atoms with E-state index in [1.54, 1.807) is 17.7 Å². The average molecular weight is 222 g/mol. The minimum atomic E-state index is 0.00670. The predicted molar refractivity (Wildman–Crippen MR) is 60.8 cm³/mol. The highest BCUT2D eigenvalue weighted by Gasteiger charge is 2.08. The van der Waals surface area contributed by atoms with Crippen LogP contribution >= 0.6 is 11.3 Å². The second-order valence-corrected chi connectivity index (χ2v) is 4.66. The van der Waals surface area contributed by atoms with Gasteiger partial charge >= 0.3 is 0 Å². The number of rotatable bonds is 3. The molecule has 2 heterocycles. The Bertz CT molecular complexity index is 444. The monoisotopic (exact) mass is 222 g/mol. The minimum absolute atomic E-state index is 0.00670. The summed E-state index contributed by atoms with van der Waals surface area (Å²) in [5.41, 5.74) is 7.95. The van der Waals surface area contributed by atoms with Crippen molar-refractivity contribution in [2.45, 2.75) is 26.4 Å². The zero-order valence-corrected chi connectivity index (χ0v) is 9.66. The van der Waals surface area contributed by atoms with Crippen LogP contribution in [0.4, 0.5) is 0 Å². The van der Waals surface area contributed by atoms with E-state index in [1.165, 1.54) is 0 Å². The molecule has 5 heteroatoms. The quantitative estimate of drug-likeness (QED) is 0.860. The number of nitrogens with two attached hydrogens (primary N) is 1. The van der Waals surface area contributed by atoms with Crippen molar-refractivity contribution < 1.29 is 0 Å². The molecule has 1 atom stereocenters. The van der Waals surface area contributed by atoms with Gasteiger partial charge in [-0.05, 0) is 13.8 Å². The second-order valence-electron chi connectivity index (χ2n) is 3.59. The van der Waals surface area contributed by atoms with Crippen LogP contribution in [0.1, 0.15) is 29.4 Å². The zero-order valence-electron chi connectivity index (χ0n) is 8.84. The van der Waals surface area contributed by atoms with E-state index >= 15 is 0 Å². The normalized spacial score (nSPS) is 13.0. The van der Waals surface area contributed by atoms with Gasteiger partial charge in [0.25, 0.3) is 0 Å². The van der Waals surface area contributed by atoms with Crippen LogP contribution in [0.5, 0.6) is 0 Å². The summed E-state index contributed by atoms with van der Waals surface area (Å²) >= 11 is 1.66. The lowest BCUT2D eigenvalue weighted by atomic mass is 10.2. The molecule has 0 aliphatic rings. The first-order valence-electron chi connectivity index (χ1n) is 4.83. The van der Waals surface area contributed by atoms with Gasteiger partial charge in [-0.3, -0.25) is 0 Å². The van der Waals surface area contributed by atoms with Crippen molar-refractivity contribution in [2.75, 3.05) is 0 Å². The summed E-state index contributed by atoms with van der Waals surface area (Å²) in [6, 6.07) is 0.00670. The first-order valence-corrected chi connectivity index (χ1v) is 5.71. The molecule has 4 nitrogen and oxygen atoms in total. The Labute approximate surface area is 92.8 Å². The van der Waals surface area contributed by atoms with Gasteiger partial charge in [0.2, 0.25) is 0 Å². The molecule has 0 unspecified atom stereocenters. The molecule has 0 radical (unpaired) electrons. The second kappa shape index (κ2) is 4.12. The van der Waals surface area contributed by atoms with Crippen LogP contribution in [0.25, 0.3) is 0 Å². The van der Waals surface area contributed by atoms with Gasteiger partial charge in [-0.2, -0.15) is 0 Å². The molecule has 0 aliphatic heterocycles. The molecule has 0 fully saturated rings. The third kappa shape index (κ3) is 2.24. The van der Waals surface area contributed by atoms with Crippen molar-refractivity contribution in [3.8, 4) is 0 Å². The van der Waals surface area contributed by atoms with Crippen molar-refractivity contribution in [3.05, 3.63) is 34.3 Å². The molecule has 0 aromatic carbocycles. The molecule has 0 spiro atoms. The molecule has 0 saturated heterocycles. The maximum absolute atomic E-state index is 5.84. The highest BCUT2D eigenvalue weighted by Crippen LogP contribution is 2.13. The van der Waals surface area contributed by atoms with Gasteiger partial charge < -0.3 is 10.3 Å². The molecule has 15 heavy (non-hydrogen) atoms. The Morgan fingerprint density at radius 3 is 3.00 bits per heavy atom. The number of hydrogen-bond acceptors (Lipinski definition) is 4. The first kappa shape index (κ1) is 10.3. The van der Waals surface area contributed by atoms with Gasteiger partial charge in [0.15, 0.2) is 0 Å². The van der Waals surface area contributed by atoms with Crippen molar-refractivity contribution in [1.82, 2.24) is 14.5 Å². The Morgan fingerprint density at radius 2 is 2.40 bits per heavy atom. The Morgan fingerprint density at radius 1 is 1.60 bits per heavy atom.